The highest BCUT2D eigenvalue weighted by Gasteiger charge is 2.21. The molecule has 0 aliphatic carbocycles. The molecule has 110 valence electrons. The molecule has 0 unspecified atom stereocenters. The van der Waals surface area contributed by atoms with Crippen molar-refractivity contribution in [1.29, 1.82) is 0 Å². The summed E-state index contributed by atoms with van der Waals surface area (Å²) in [5, 5.41) is 3.18. The van der Waals surface area contributed by atoms with E-state index in [0.717, 1.165) is 12.8 Å². The number of hydrogen-bond acceptors (Lipinski definition) is 4. The molecule has 0 radical (unpaired) electrons. The lowest BCUT2D eigenvalue weighted by Crippen LogP contribution is -2.24. The number of furan rings is 1. The summed E-state index contributed by atoms with van der Waals surface area (Å²) in [5.74, 6) is 0.594. The summed E-state index contributed by atoms with van der Waals surface area (Å²) < 4.78 is 32.3. The molecular weight excluding hydrogens is 332 g/mol. The molecule has 5 nitrogen and oxygen atoms in total. The van der Waals surface area contributed by atoms with E-state index in [9.17, 15) is 8.42 Å². The maximum atomic E-state index is 12.1. The molecule has 0 saturated heterocycles. The second-order valence-corrected chi connectivity index (χ2v) is 7.09. The molecule has 0 fully saturated rings. The number of hydrogen-bond donors (Lipinski definition) is 2. The first-order valence-electron chi connectivity index (χ1n) is 6.38. The molecule has 0 spiro atoms. The number of halogens is 1. The van der Waals surface area contributed by atoms with Gasteiger partial charge in [0.15, 0.2) is 4.67 Å². The van der Waals surface area contributed by atoms with Crippen molar-refractivity contribution in [3.05, 3.63) is 16.5 Å². The Labute approximate surface area is 123 Å². The Kier molecular flexibility index (Phi) is 6.52. The third-order valence-corrected chi connectivity index (χ3v) is 4.82. The lowest BCUT2D eigenvalue weighted by Gasteiger charge is -2.04. The van der Waals surface area contributed by atoms with E-state index in [4.69, 9.17) is 4.42 Å². The molecule has 0 bridgehead atoms. The predicted octanol–water partition coefficient (Wildman–Crippen LogP) is 2.62. The van der Waals surface area contributed by atoms with E-state index in [2.05, 4.69) is 26.0 Å². The minimum Gasteiger partial charge on any atom is -0.452 e. The van der Waals surface area contributed by atoms with Crippen molar-refractivity contribution >= 4 is 26.0 Å². The molecular formula is C12H21BrN2O3S. The number of rotatable bonds is 8. The summed E-state index contributed by atoms with van der Waals surface area (Å²) in [6.45, 7) is 6.98. The molecule has 0 aromatic carbocycles. The molecule has 0 saturated carbocycles. The average Bonchev–Trinajstić information content (AvgIpc) is 2.69. The number of unbranched alkanes of at least 4 members (excludes halogenated alkanes) is 1. The first-order chi connectivity index (χ1) is 8.86. The molecule has 0 aliphatic heterocycles. The molecule has 0 aliphatic rings. The summed E-state index contributed by atoms with van der Waals surface area (Å²) in [7, 11) is -3.50. The van der Waals surface area contributed by atoms with E-state index in [1.807, 2.05) is 20.8 Å². The topological polar surface area (TPSA) is 71.3 Å². The van der Waals surface area contributed by atoms with Gasteiger partial charge in [-0.3, -0.25) is 0 Å². The van der Waals surface area contributed by atoms with Gasteiger partial charge < -0.3 is 9.73 Å². The Morgan fingerprint density at radius 2 is 2.11 bits per heavy atom. The van der Waals surface area contributed by atoms with Crippen molar-refractivity contribution < 1.29 is 12.8 Å². The van der Waals surface area contributed by atoms with E-state index in [1.165, 1.54) is 0 Å². The minimum atomic E-state index is -3.50. The third kappa shape index (κ3) is 5.25. The lowest BCUT2D eigenvalue weighted by molar-refractivity contribution is 0.447. The zero-order valence-corrected chi connectivity index (χ0v) is 13.9. The zero-order valence-electron chi connectivity index (χ0n) is 11.5. The summed E-state index contributed by atoms with van der Waals surface area (Å²) in [4.78, 5) is 0.157. The maximum absolute atomic E-state index is 12.1. The van der Waals surface area contributed by atoms with E-state index < -0.39 is 10.0 Å². The molecule has 1 aromatic heterocycles. The van der Waals surface area contributed by atoms with Crippen LogP contribution in [0.1, 0.15) is 39.4 Å². The molecule has 7 heteroatoms. The van der Waals surface area contributed by atoms with Crippen molar-refractivity contribution in [2.75, 3.05) is 6.54 Å². The molecule has 1 heterocycles. The van der Waals surface area contributed by atoms with Crippen molar-refractivity contribution in [3.63, 3.8) is 0 Å². The molecule has 1 rings (SSSR count). The lowest BCUT2D eigenvalue weighted by atomic mass is 10.3. The zero-order chi connectivity index (χ0) is 14.5. The van der Waals surface area contributed by atoms with Crippen LogP contribution < -0.4 is 10.0 Å². The van der Waals surface area contributed by atoms with Gasteiger partial charge in [0, 0.05) is 18.7 Å². The van der Waals surface area contributed by atoms with Crippen LogP contribution in [0.2, 0.25) is 0 Å². The molecule has 0 atom stereocenters. The first kappa shape index (κ1) is 16.7. The minimum absolute atomic E-state index is 0.157. The van der Waals surface area contributed by atoms with Gasteiger partial charge >= 0.3 is 0 Å². The molecule has 2 N–H and O–H groups in total. The quantitative estimate of drug-likeness (QED) is 0.705. The predicted molar refractivity (Wildman–Crippen MR) is 78.5 cm³/mol. The summed E-state index contributed by atoms with van der Waals surface area (Å²) >= 11 is 3.16. The fourth-order valence-electron chi connectivity index (χ4n) is 1.43. The fraction of sp³-hybridized carbons (Fsp3) is 0.667. The largest absolute Gasteiger partial charge is 0.452 e. The Morgan fingerprint density at radius 3 is 2.68 bits per heavy atom. The van der Waals surface area contributed by atoms with E-state index in [0.29, 0.717) is 24.9 Å². The van der Waals surface area contributed by atoms with E-state index in [1.54, 1.807) is 6.07 Å². The molecule has 1 aromatic rings. The number of sulfonamides is 1. The van der Waals surface area contributed by atoms with Crippen molar-refractivity contribution in [2.45, 2.75) is 51.1 Å². The highest BCUT2D eigenvalue weighted by Crippen LogP contribution is 2.26. The van der Waals surface area contributed by atoms with Crippen LogP contribution in [0.3, 0.4) is 0 Å². The van der Waals surface area contributed by atoms with Crippen LogP contribution in [-0.2, 0) is 16.6 Å². The second-order valence-electron chi connectivity index (χ2n) is 4.64. The smallest absolute Gasteiger partial charge is 0.244 e. The van der Waals surface area contributed by atoms with Crippen LogP contribution in [-0.4, -0.2) is 21.0 Å². The van der Waals surface area contributed by atoms with Gasteiger partial charge in [-0.25, -0.2) is 13.1 Å². The highest BCUT2D eigenvalue weighted by atomic mass is 79.9. The van der Waals surface area contributed by atoms with E-state index in [-0.39, 0.29) is 9.56 Å². The van der Waals surface area contributed by atoms with Gasteiger partial charge in [-0.05, 0) is 22.4 Å². The van der Waals surface area contributed by atoms with Crippen LogP contribution >= 0.6 is 15.9 Å². The van der Waals surface area contributed by atoms with Gasteiger partial charge in [0.05, 0.1) is 6.54 Å². The summed E-state index contributed by atoms with van der Waals surface area (Å²) in [6.07, 6.45) is 1.76. The number of nitrogens with one attached hydrogen (secondary N) is 2. The average molecular weight is 353 g/mol. The maximum Gasteiger partial charge on any atom is 0.244 e. The summed E-state index contributed by atoms with van der Waals surface area (Å²) in [5.41, 5.74) is 0. The Morgan fingerprint density at radius 1 is 1.42 bits per heavy atom. The second kappa shape index (κ2) is 7.42. The van der Waals surface area contributed by atoms with Crippen LogP contribution in [0.25, 0.3) is 0 Å². The summed E-state index contributed by atoms with van der Waals surface area (Å²) in [6, 6.07) is 1.86. The highest BCUT2D eigenvalue weighted by molar-refractivity contribution is 9.10. The monoisotopic (exact) mass is 352 g/mol. The Hall–Kier alpha value is -0.370. The molecule has 19 heavy (non-hydrogen) atoms. The van der Waals surface area contributed by atoms with Crippen molar-refractivity contribution in [1.82, 2.24) is 10.0 Å². The van der Waals surface area contributed by atoms with E-state index >= 15 is 0 Å². The standard InChI is InChI=1S/C12H21BrN2O3S/c1-4-5-6-15-19(16,17)11-7-10(18-12(11)13)8-14-9(2)3/h7,9,14-15H,4-6,8H2,1-3H3. The Balaban J connectivity index is 2.77. The van der Waals surface area contributed by atoms with Gasteiger partial charge in [0.2, 0.25) is 10.0 Å². The van der Waals surface area contributed by atoms with Gasteiger partial charge in [-0.1, -0.05) is 27.2 Å². The third-order valence-electron chi connectivity index (χ3n) is 2.50. The van der Waals surface area contributed by atoms with Crippen LogP contribution in [0.5, 0.6) is 0 Å². The van der Waals surface area contributed by atoms with Gasteiger partial charge in [-0.15, -0.1) is 0 Å². The normalized spacial score (nSPS) is 12.3. The van der Waals surface area contributed by atoms with Gasteiger partial charge in [-0.2, -0.15) is 0 Å². The van der Waals surface area contributed by atoms with Crippen LogP contribution in [0, 0.1) is 0 Å². The van der Waals surface area contributed by atoms with Crippen LogP contribution in [0.15, 0.2) is 20.0 Å². The van der Waals surface area contributed by atoms with Gasteiger partial charge in [0.25, 0.3) is 0 Å². The fourth-order valence-corrected chi connectivity index (χ4v) is 3.50. The Bertz CT molecular complexity index is 497. The first-order valence-corrected chi connectivity index (χ1v) is 8.65. The van der Waals surface area contributed by atoms with Crippen LogP contribution in [0.4, 0.5) is 0 Å². The van der Waals surface area contributed by atoms with Crippen molar-refractivity contribution in [3.8, 4) is 0 Å². The SMILES string of the molecule is CCCCNS(=O)(=O)c1cc(CNC(C)C)oc1Br. The molecule has 0 amide bonds. The van der Waals surface area contributed by atoms with Crippen molar-refractivity contribution in [2.24, 2.45) is 0 Å². The van der Waals surface area contributed by atoms with Gasteiger partial charge in [0.1, 0.15) is 10.7 Å².